The highest BCUT2D eigenvalue weighted by Gasteiger charge is 2.32. The van der Waals surface area contributed by atoms with Gasteiger partial charge in [0.2, 0.25) is 0 Å². The van der Waals surface area contributed by atoms with E-state index >= 15 is 0 Å². The smallest absolute Gasteiger partial charge is 0.322 e. The van der Waals surface area contributed by atoms with Gasteiger partial charge >= 0.3 is 6.18 Å². The van der Waals surface area contributed by atoms with Crippen molar-refractivity contribution in [2.24, 2.45) is 0 Å². The number of alkyl halides is 3. The average molecular weight is 411 g/mol. The van der Waals surface area contributed by atoms with E-state index in [4.69, 9.17) is 0 Å². The number of carbonyl (C=O) groups is 1. The molecule has 0 radical (unpaired) electrons. The second-order valence-corrected chi connectivity index (χ2v) is 6.93. The molecule has 0 aliphatic heterocycles. The number of aryl methyl sites for hydroxylation is 1. The number of nitrogens with one attached hydrogen (secondary N) is 1. The Bertz CT molecular complexity index is 651. The van der Waals surface area contributed by atoms with Crippen LogP contribution in [-0.4, -0.2) is 5.91 Å². The quantitative estimate of drug-likeness (QED) is 0.698. The van der Waals surface area contributed by atoms with Gasteiger partial charge < -0.3 is 5.32 Å². The highest BCUT2D eigenvalue weighted by atomic mass is 127. The van der Waals surface area contributed by atoms with Crippen LogP contribution in [0.4, 0.5) is 18.9 Å². The maximum absolute atomic E-state index is 12.8. The van der Waals surface area contributed by atoms with Crippen molar-refractivity contribution < 1.29 is 18.0 Å². The molecule has 0 bridgehead atoms. The number of halogens is 4. The summed E-state index contributed by atoms with van der Waals surface area (Å²) in [6.07, 6.45) is -4.43. The molecule has 0 aliphatic carbocycles. The molecule has 0 unspecified atom stereocenters. The fraction of sp³-hybridized carbons (Fsp3) is 0.154. The number of benzene rings is 1. The average Bonchev–Trinajstić information content (AvgIpc) is 2.77. The zero-order valence-electron chi connectivity index (χ0n) is 10.2. The summed E-state index contributed by atoms with van der Waals surface area (Å²) in [5.41, 5.74) is -0.0431. The van der Waals surface area contributed by atoms with Gasteiger partial charge in [-0.15, -0.1) is 11.3 Å². The normalized spacial score (nSPS) is 11.4. The van der Waals surface area contributed by atoms with Gasteiger partial charge in [0.1, 0.15) is 0 Å². The molecule has 2 nitrogen and oxygen atoms in total. The SMILES string of the molecule is Cc1ccc(NC(=O)c2csc(I)c2)cc1C(F)(F)F. The van der Waals surface area contributed by atoms with Gasteiger partial charge in [-0.05, 0) is 53.3 Å². The van der Waals surface area contributed by atoms with E-state index in [9.17, 15) is 18.0 Å². The van der Waals surface area contributed by atoms with E-state index in [1.807, 2.05) is 0 Å². The monoisotopic (exact) mass is 411 g/mol. The van der Waals surface area contributed by atoms with E-state index in [1.54, 1.807) is 11.4 Å². The van der Waals surface area contributed by atoms with Gasteiger partial charge in [0.25, 0.3) is 5.91 Å². The predicted molar refractivity (Wildman–Crippen MR) is 81.2 cm³/mol. The summed E-state index contributed by atoms with van der Waals surface area (Å²) in [6.45, 7) is 1.38. The zero-order valence-corrected chi connectivity index (χ0v) is 13.2. The first kappa shape index (κ1) is 15.3. The van der Waals surface area contributed by atoms with Gasteiger partial charge in [0.05, 0.1) is 14.0 Å². The first-order valence-corrected chi connectivity index (χ1v) is 7.46. The number of amides is 1. The van der Waals surface area contributed by atoms with E-state index in [1.165, 1.54) is 30.4 Å². The Balaban J connectivity index is 2.24. The number of hydrogen-bond acceptors (Lipinski definition) is 2. The third kappa shape index (κ3) is 3.51. The van der Waals surface area contributed by atoms with Crippen molar-refractivity contribution in [2.45, 2.75) is 13.1 Å². The minimum absolute atomic E-state index is 0.126. The predicted octanol–water partition coefficient (Wildman–Crippen LogP) is 4.93. The van der Waals surface area contributed by atoms with Gasteiger partial charge in [-0.2, -0.15) is 13.2 Å². The standard InChI is InChI=1S/C13H9F3INOS/c1-7-2-3-9(5-10(7)13(14,15)16)18-12(19)8-4-11(17)20-6-8/h2-6H,1H3,(H,18,19). The Kier molecular flexibility index (Phi) is 4.38. The maximum atomic E-state index is 12.8. The molecule has 20 heavy (non-hydrogen) atoms. The fourth-order valence-corrected chi connectivity index (χ4v) is 2.96. The Morgan fingerprint density at radius 1 is 1.30 bits per heavy atom. The van der Waals surface area contributed by atoms with Crippen LogP contribution in [-0.2, 0) is 6.18 Å². The fourth-order valence-electron chi connectivity index (χ4n) is 1.64. The number of hydrogen-bond donors (Lipinski definition) is 1. The van der Waals surface area contributed by atoms with Crippen molar-refractivity contribution in [3.63, 3.8) is 0 Å². The lowest BCUT2D eigenvalue weighted by Gasteiger charge is -2.12. The summed E-state index contributed by atoms with van der Waals surface area (Å²) < 4.78 is 39.3. The van der Waals surface area contributed by atoms with E-state index in [-0.39, 0.29) is 11.3 Å². The summed E-state index contributed by atoms with van der Waals surface area (Å²) in [7, 11) is 0. The second-order valence-electron chi connectivity index (χ2n) is 4.12. The zero-order chi connectivity index (χ0) is 14.9. The molecule has 1 aromatic heterocycles. The van der Waals surface area contributed by atoms with E-state index < -0.39 is 17.6 Å². The number of thiophene rings is 1. The molecule has 1 N–H and O–H groups in total. The van der Waals surface area contributed by atoms with Crippen LogP contribution in [0.2, 0.25) is 0 Å². The molecule has 2 rings (SSSR count). The van der Waals surface area contributed by atoms with Crippen molar-refractivity contribution in [1.29, 1.82) is 0 Å². The molecule has 7 heteroatoms. The van der Waals surface area contributed by atoms with Crippen LogP contribution < -0.4 is 5.32 Å². The van der Waals surface area contributed by atoms with E-state index in [0.29, 0.717) is 5.56 Å². The first-order chi connectivity index (χ1) is 9.27. The molecule has 1 heterocycles. The largest absolute Gasteiger partial charge is 0.416 e. The van der Waals surface area contributed by atoms with Crippen LogP contribution in [0.1, 0.15) is 21.5 Å². The lowest BCUT2D eigenvalue weighted by molar-refractivity contribution is -0.138. The highest BCUT2D eigenvalue weighted by molar-refractivity contribution is 14.1. The third-order valence-corrected chi connectivity index (χ3v) is 4.42. The molecular weight excluding hydrogens is 402 g/mol. The van der Waals surface area contributed by atoms with E-state index in [2.05, 4.69) is 27.9 Å². The molecule has 0 saturated heterocycles. The molecule has 2 aromatic rings. The summed E-state index contributed by atoms with van der Waals surface area (Å²) in [6, 6.07) is 5.43. The highest BCUT2D eigenvalue weighted by Crippen LogP contribution is 2.33. The van der Waals surface area contributed by atoms with Crippen molar-refractivity contribution in [1.82, 2.24) is 0 Å². The molecule has 0 saturated carbocycles. The number of carbonyl (C=O) groups excluding carboxylic acids is 1. The lowest BCUT2D eigenvalue weighted by atomic mass is 10.1. The molecule has 0 atom stereocenters. The van der Waals surface area contributed by atoms with Crippen LogP contribution >= 0.6 is 33.9 Å². The van der Waals surface area contributed by atoms with Crippen LogP contribution in [0, 0.1) is 9.81 Å². The second kappa shape index (κ2) is 5.72. The Morgan fingerprint density at radius 2 is 2.00 bits per heavy atom. The molecule has 0 spiro atoms. The Hall–Kier alpha value is -1.09. The van der Waals surface area contributed by atoms with Crippen LogP contribution in [0.5, 0.6) is 0 Å². The van der Waals surface area contributed by atoms with E-state index in [0.717, 1.165) is 8.95 Å². The molecule has 0 fully saturated rings. The summed E-state index contributed by atoms with van der Waals surface area (Å²) in [4.78, 5) is 11.9. The van der Waals surface area contributed by atoms with Crippen molar-refractivity contribution >= 4 is 45.5 Å². The summed E-state index contributed by atoms with van der Waals surface area (Å²) in [5.74, 6) is -0.416. The minimum Gasteiger partial charge on any atom is -0.322 e. The molecule has 106 valence electrons. The lowest BCUT2D eigenvalue weighted by Crippen LogP contribution is -2.13. The number of anilines is 1. The Labute approximate surface area is 131 Å². The van der Waals surface area contributed by atoms with Gasteiger partial charge in [-0.3, -0.25) is 4.79 Å². The van der Waals surface area contributed by atoms with Crippen LogP contribution in [0.15, 0.2) is 29.6 Å². The van der Waals surface area contributed by atoms with Crippen molar-refractivity contribution in [3.05, 3.63) is 49.2 Å². The first-order valence-electron chi connectivity index (χ1n) is 5.50. The molecular formula is C13H9F3INOS. The minimum atomic E-state index is -4.43. The number of rotatable bonds is 2. The third-order valence-electron chi connectivity index (χ3n) is 2.63. The topological polar surface area (TPSA) is 29.1 Å². The van der Waals surface area contributed by atoms with Gasteiger partial charge in [0, 0.05) is 11.1 Å². The van der Waals surface area contributed by atoms with Gasteiger partial charge in [-0.1, -0.05) is 6.07 Å². The van der Waals surface area contributed by atoms with Crippen molar-refractivity contribution in [3.8, 4) is 0 Å². The molecule has 1 aromatic carbocycles. The maximum Gasteiger partial charge on any atom is 0.416 e. The van der Waals surface area contributed by atoms with Crippen LogP contribution in [0.25, 0.3) is 0 Å². The van der Waals surface area contributed by atoms with Gasteiger partial charge in [0.15, 0.2) is 0 Å². The Morgan fingerprint density at radius 3 is 2.55 bits per heavy atom. The van der Waals surface area contributed by atoms with Gasteiger partial charge in [-0.25, -0.2) is 0 Å². The summed E-state index contributed by atoms with van der Waals surface area (Å²) >= 11 is 3.47. The van der Waals surface area contributed by atoms with Crippen LogP contribution in [0.3, 0.4) is 0 Å². The van der Waals surface area contributed by atoms with Crippen molar-refractivity contribution in [2.75, 3.05) is 5.32 Å². The molecule has 0 aliphatic rings. The summed E-state index contributed by atoms with van der Waals surface area (Å²) in [5, 5.41) is 4.14. The molecule has 1 amide bonds.